The Hall–Kier alpha value is -3.26. The molecule has 1 N–H and O–H groups in total. The van der Waals surface area contributed by atoms with Crippen LogP contribution in [0.2, 0.25) is 0 Å². The van der Waals surface area contributed by atoms with Gasteiger partial charge in [-0.3, -0.25) is 19.8 Å². The fourth-order valence-electron chi connectivity index (χ4n) is 3.10. The number of aromatic nitrogens is 1. The van der Waals surface area contributed by atoms with Crippen LogP contribution in [-0.2, 0) is 14.3 Å². The fraction of sp³-hybridized carbons (Fsp3) is 0.200. The van der Waals surface area contributed by atoms with Crippen molar-refractivity contribution in [3.8, 4) is 5.69 Å². The number of aryl methyl sites for hydroxylation is 1. The van der Waals surface area contributed by atoms with Crippen LogP contribution in [-0.4, -0.2) is 46.5 Å². The van der Waals surface area contributed by atoms with Gasteiger partial charge in [-0.05, 0) is 68.0 Å². The molecule has 28 heavy (non-hydrogen) atoms. The number of amides is 2. The Labute approximate surface area is 167 Å². The zero-order chi connectivity index (χ0) is 20.6. The first-order chi connectivity index (χ1) is 13.2. The minimum atomic E-state index is -0.514. The number of thiocarbonyl (C=S) groups is 1. The molecule has 0 bridgehead atoms. The van der Waals surface area contributed by atoms with Crippen LogP contribution in [0.1, 0.15) is 27.3 Å². The summed E-state index contributed by atoms with van der Waals surface area (Å²) in [6, 6.07) is 8.89. The van der Waals surface area contributed by atoms with Gasteiger partial charge in [0.05, 0.1) is 12.7 Å². The number of hydrogen-bond acceptors (Lipinski definition) is 5. The van der Waals surface area contributed by atoms with Crippen molar-refractivity contribution >= 4 is 41.2 Å². The summed E-state index contributed by atoms with van der Waals surface area (Å²) in [6.45, 7) is 3.82. The second-order valence-electron chi connectivity index (χ2n) is 6.38. The lowest BCUT2D eigenvalue weighted by molar-refractivity contribution is -0.128. The Balaban J connectivity index is 2.01. The molecule has 0 aliphatic carbocycles. The number of nitrogens with one attached hydrogen (secondary N) is 1. The van der Waals surface area contributed by atoms with Gasteiger partial charge < -0.3 is 9.30 Å². The van der Waals surface area contributed by atoms with E-state index in [9.17, 15) is 14.4 Å². The summed E-state index contributed by atoms with van der Waals surface area (Å²) in [4.78, 5) is 37.5. The predicted molar refractivity (Wildman–Crippen MR) is 108 cm³/mol. The van der Waals surface area contributed by atoms with Crippen LogP contribution in [0.3, 0.4) is 0 Å². The molecule has 144 valence electrons. The van der Waals surface area contributed by atoms with E-state index >= 15 is 0 Å². The summed E-state index contributed by atoms with van der Waals surface area (Å²) < 4.78 is 6.70. The van der Waals surface area contributed by atoms with Gasteiger partial charge in [0, 0.05) is 24.1 Å². The quantitative estimate of drug-likeness (QED) is 0.371. The summed E-state index contributed by atoms with van der Waals surface area (Å²) in [5, 5.41) is 2.59. The third-order valence-corrected chi connectivity index (χ3v) is 5.00. The summed E-state index contributed by atoms with van der Waals surface area (Å²) in [5.74, 6) is -1.36. The lowest BCUT2D eigenvalue weighted by Crippen LogP contribution is -2.52. The molecule has 2 heterocycles. The molecule has 7 nitrogen and oxygen atoms in total. The highest BCUT2D eigenvalue weighted by Gasteiger charge is 2.31. The van der Waals surface area contributed by atoms with E-state index in [1.165, 1.54) is 19.1 Å². The largest absolute Gasteiger partial charge is 0.465 e. The van der Waals surface area contributed by atoms with Crippen LogP contribution >= 0.6 is 12.2 Å². The van der Waals surface area contributed by atoms with Crippen molar-refractivity contribution < 1.29 is 19.1 Å². The molecule has 1 aromatic heterocycles. The summed E-state index contributed by atoms with van der Waals surface area (Å²) in [5.41, 5.74) is 3.85. The van der Waals surface area contributed by atoms with Crippen molar-refractivity contribution in [3.05, 3.63) is 58.4 Å². The second kappa shape index (κ2) is 7.40. The molecule has 0 spiro atoms. The highest BCUT2D eigenvalue weighted by atomic mass is 32.1. The molecule has 1 saturated heterocycles. The van der Waals surface area contributed by atoms with E-state index in [4.69, 9.17) is 17.0 Å². The van der Waals surface area contributed by atoms with Gasteiger partial charge in [0.1, 0.15) is 5.57 Å². The van der Waals surface area contributed by atoms with E-state index in [-0.39, 0.29) is 10.7 Å². The number of nitrogens with zero attached hydrogens (tertiary/aromatic N) is 2. The molecule has 1 fully saturated rings. The van der Waals surface area contributed by atoms with Gasteiger partial charge in [0.25, 0.3) is 11.8 Å². The number of likely N-dealkylation sites (N-methyl/N-ethyl adjacent to an activating group) is 1. The van der Waals surface area contributed by atoms with Gasteiger partial charge >= 0.3 is 5.97 Å². The topological polar surface area (TPSA) is 80.6 Å². The Morgan fingerprint density at radius 1 is 1.18 bits per heavy atom. The molecule has 2 aromatic rings. The summed E-state index contributed by atoms with van der Waals surface area (Å²) in [6.07, 6.45) is 1.57. The van der Waals surface area contributed by atoms with Gasteiger partial charge in [-0.1, -0.05) is 0 Å². The van der Waals surface area contributed by atoms with Crippen molar-refractivity contribution in [1.82, 2.24) is 14.8 Å². The van der Waals surface area contributed by atoms with Gasteiger partial charge in [-0.2, -0.15) is 0 Å². The van der Waals surface area contributed by atoms with Crippen LogP contribution in [0.15, 0.2) is 35.9 Å². The Morgan fingerprint density at radius 3 is 2.43 bits per heavy atom. The molecule has 0 unspecified atom stereocenters. The lowest BCUT2D eigenvalue weighted by Gasteiger charge is -2.25. The van der Waals surface area contributed by atoms with Crippen LogP contribution in [0.4, 0.5) is 0 Å². The summed E-state index contributed by atoms with van der Waals surface area (Å²) in [7, 11) is 2.85. The lowest BCUT2D eigenvalue weighted by atomic mass is 10.1. The van der Waals surface area contributed by atoms with Crippen LogP contribution in [0.5, 0.6) is 0 Å². The van der Waals surface area contributed by atoms with E-state index in [2.05, 4.69) is 5.32 Å². The van der Waals surface area contributed by atoms with Crippen molar-refractivity contribution in [1.29, 1.82) is 0 Å². The first-order valence-electron chi connectivity index (χ1n) is 8.47. The van der Waals surface area contributed by atoms with Crippen LogP contribution in [0.25, 0.3) is 11.8 Å². The van der Waals surface area contributed by atoms with Crippen molar-refractivity contribution in [2.45, 2.75) is 13.8 Å². The van der Waals surface area contributed by atoms with E-state index < -0.39 is 17.8 Å². The number of esters is 1. The maximum atomic E-state index is 12.4. The van der Waals surface area contributed by atoms with Crippen LogP contribution in [0, 0.1) is 13.8 Å². The van der Waals surface area contributed by atoms with E-state index in [1.807, 2.05) is 36.6 Å². The molecule has 8 heteroatoms. The number of carbonyl (C=O) groups excluding carboxylic acids is 3. The Bertz CT molecular complexity index is 1030. The second-order valence-corrected chi connectivity index (χ2v) is 6.77. The standard InChI is InChI=1S/C20H19N3O4S/c1-11-9-14(10-16-17(24)21-20(28)22(3)18(16)25)12(2)23(11)15-7-5-13(6-8-15)19(26)27-4/h5-10H,1-4H3,(H,21,24,28). The number of ether oxygens (including phenoxy) is 1. The van der Waals surface area contributed by atoms with Gasteiger partial charge in [-0.15, -0.1) is 0 Å². The smallest absolute Gasteiger partial charge is 0.337 e. The van der Waals surface area contributed by atoms with Crippen molar-refractivity contribution in [2.24, 2.45) is 0 Å². The number of carbonyl (C=O) groups is 3. The normalized spacial score (nSPS) is 15.8. The zero-order valence-corrected chi connectivity index (χ0v) is 16.7. The molecule has 0 radical (unpaired) electrons. The maximum Gasteiger partial charge on any atom is 0.337 e. The third kappa shape index (κ3) is 3.34. The van der Waals surface area contributed by atoms with Crippen molar-refractivity contribution in [3.63, 3.8) is 0 Å². The Kier molecular flexibility index (Phi) is 5.15. The van der Waals surface area contributed by atoms with Crippen molar-refractivity contribution in [2.75, 3.05) is 14.2 Å². The molecule has 1 aliphatic heterocycles. The number of rotatable bonds is 3. The molecule has 1 aliphatic rings. The molecule has 0 atom stereocenters. The first kappa shape index (κ1) is 19.5. The van der Waals surface area contributed by atoms with Gasteiger partial charge in [0.15, 0.2) is 5.11 Å². The highest BCUT2D eigenvalue weighted by molar-refractivity contribution is 7.80. The minimum absolute atomic E-state index is 0.0254. The number of hydrogen-bond donors (Lipinski definition) is 1. The van der Waals surface area contributed by atoms with E-state index in [0.29, 0.717) is 5.56 Å². The van der Waals surface area contributed by atoms with E-state index in [1.54, 1.807) is 18.2 Å². The fourth-order valence-corrected chi connectivity index (χ4v) is 3.27. The monoisotopic (exact) mass is 397 g/mol. The molecule has 0 saturated carbocycles. The first-order valence-corrected chi connectivity index (χ1v) is 8.88. The predicted octanol–water partition coefficient (Wildman–Crippen LogP) is 2.14. The minimum Gasteiger partial charge on any atom is -0.465 e. The van der Waals surface area contributed by atoms with Gasteiger partial charge in [0.2, 0.25) is 0 Å². The van der Waals surface area contributed by atoms with Crippen LogP contribution < -0.4 is 5.32 Å². The number of methoxy groups -OCH3 is 1. The number of benzene rings is 1. The average Bonchev–Trinajstić information content (AvgIpc) is 2.96. The molecule has 1 aromatic carbocycles. The maximum absolute atomic E-state index is 12.4. The zero-order valence-electron chi connectivity index (χ0n) is 15.9. The average molecular weight is 397 g/mol. The highest BCUT2D eigenvalue weighted by Crippen LogP contribution is 2.24. The van der Waals surface area contributed by atoms with E-state index in [0.717, 1.165) is 22.6 Å². The third-order valence-electron chi connectivity index (χ3n) is 4.62. The molecule has 2 amide bonds. The molecular weight excluding hydrogens is 378 g/mol. The summed E-state index contributed by atoms with van der Waals surface area (Å²) >= 11 is 4.96. The molecule has 3 rings (SSSR count). The SMILES string of the molecule is COC(=O)c1ccc(-n2c(C)cc(C=C3C(=O)NC(=S)N(C)C3=O)c2C)cc1. The van der Waals surface area contributed by atoms with Gasteiger partial charge in [-0.25, -0.2) is 4.79 Å². The molecular formula is C20H19N3O4S. The Morgan fingerprint density at radius 2 is 1.82 bits per heavy atom.